The van der Waals surface area contributed by atoms with Gasteiger partial charge in [0.15, 0.2) is 5.78 Å². The Bertz CT molecular complexity index is 547. The number of ether oxygens (including phenoxy) is 1. The molecule has 1 fully saturated rings. The first kappa shape index (κ1) is 16.5. The van der Waals surface area contributed by atoms with Crippen LogP contribution in [0, 0.1) is 0 Å². The molecule has 0 heterocycles. The first-order valence-electron chi connectivity index (χ1n) is 7.96. The van der Waals surface area contributed by atoms with E-state index < -0.39 is 0 Å². The maximum atomic E-state index is 12.5. The van der Waals surface area contributed by atoms with Gasteiger partial charge in [-0.05, 0) is 38.0 Å². The number of ketones is 1. The minimum atomic E-state index is -0.00279. The number of hydrogen-bond donors (Lipinski definition) is 0. The molecule has 4 heteroatoms. The third-order valence-corrected chi connectivity index (χ3v) is 4.54. The zero-order valence-electron chi connectivity index (χ0n) is 13.7. The summed E-state index contributed by atoms with van der Waals surface area (Å²) in [5, 5.41) is 0. The lowest BCUT2D eigenvalue weighted by Gasteiger charge is -2.31. The minimum Gasteiger partial charge on any atom is -0.496 e. The summed E-state index contributed by atoms with van der Waals surface area (Å²) in [5.74, 6) is 0.748. The number of likely N-dealkylation sites (N-methyl/N-ethyl adjacent to an activating group) is 1. The number of methoxy groups -OCH3 is 1. The fourth-order valence-electron chi connectivity index (χ4n) is 3.10. The van der Waals surface area contributed by atoms with Gasteiger partial charge in [-0.25, -0.2) is 0 Å². The van der Waals surface area contributed by atoms with Crippen molar-refractivity contribution in [3.63, 3.8) is 0 Å². The van der Waals surface area contributed by atoms with Crippen LogP contribution in [0.15, 0.2) is 18.2 Å². The monoisotopic (exact) mass is 303 g/mol. The molecule has 0 aliphatic heterocycles. The van der Waals surface area contributed by atoms with Crippen LogP contribution >= 0.6 is 0 Å². The Hall–Kier alpha value is -1.84. The number of benzene rings is 1. The van der Waals surface area contributed by atoms with Crippen molar-refractivity contribution >= 4 is 11.7 Å². The lowest BCUT2D eigenvalue weighted by atomic mass is 9.94. The van der Waals surface area contributed by atoms with E-state index in [4.69, 9.17) is 4.74 Å². The predicted molar refractivity (Wildman–Crippen MR) is 86.3 cm³/mol. The van der Waals surface area contributed by atoms with Crippen molar-refractivity contribution < 1.29 is 14.3 Å². The van der Waals surface area contributed by atoms with E-state index in [0.29, 0.717) is 17.4 Å². The lowest BCUT2D eigenvalue weighted by Crippen LogP contribution is -2.39. The Kier molecular flexibility index (Phi) is 5.58. The van der Waals surface area contributed by atoms with Gasteiger partial charge in [-0.1, -0.05) is 19.3 Å². The van der Waals surface area contributed by atoms with Crippen LogP contribution in [0.25, 0.3) is 0 Å². The largest absolute Gasteiger partial charge is 0.496 e. The summed E-state index contributed by atoms with van der Waals surface area (Å²) in [6.07, 6.45) is 6.13. The third kappa shape index (κ3) is 3.87. The standard InChI is InChI=1S/C18H25NO3/c1-13(20)14-9-10-17(22-3)15(11-14)12-18(21)19(2)16-7-5-4-6-8-16/h9-11,16H,4-8,12H2,1-3H3. The summed E-state index contributed by atoms with van der Waals surface area (Å²) >= 11 is 0. The van der Waals surface area contributed by atoms with Gasteiger partial charge in [0.25, 0.3) is 0 Å². The molecule has 1 saturated carbocycles. The van der Waals surface area contributed by atoms with Gasteiger partial charge in [0.2, 0.25) is 5.91 Å². The van der Waals surface area contributed by atoms with Gasteiger partial charge in [0.1, 0.15) is 5.75 Å². The smallest absolute Gasteiger partial charge is 0.227 e. The molecule has 1 aliphatic carbocycles. The Morgan fingerprint density at radius 2 is 1.91 bits per heavy atom. The number of amides is 1. The summed E-state index contributed by atoms with van der Waals surface area (Å²) in [5.41, 5.74) is 1.40. The van der Waals surface area contributed by atoms with Crippen LogP contribution < -0.4 is 4.74 Å². The number of rotatable bonds is 5. The zero-order valence-corrected chi connectivity index (χ0v) is 13.7. The minimum absolute atomic E-state index is 0.00279. The molecule has 4 nitrogen and oxygen atoms in total. The van der Waals surface area contributed by atoms with Gasteiger partial charge in [-0.3, -0.25) is 9.59 Å². The fraction of sp³-hybridized carbons (Fsp3) is 0.556. The van der Waals surface area contributed by atoms with Crippen LogP contribution in [0.5, 0.6) is 5.75 Å². The van der Waals surface area contributed by atoms with E-state index in [9.17, 15) is 9.59 Å². The summed E-state index contributed by atoms with van der Waals surface area (Å²) in [6.45, 7) is 1.53. The highest BCUT2D eigenvalue weighted by Crippen LogP contribution is 2.24. The molecule has 0 saturated heterocycles. The van der Waals surface area contributed by atoms with Crippen LogP contribution in [0.3, 0.4) is 0 Å². The lowest BCUT2D eigenvalue weighted by molar-refractivity contribution is -0.131. The molecular formula is C18H25NO3. The molecule has 0 unspecified atom stereocenters. The second-order valence-electron chi connectivity index (χ2n) is 6.06. The second kappa shape index (κ2) is 7.43. The zero-order chi connectivity index (χ0) is 16.1. The molecule has 0 bridgehead atoms. The number of Topliss-reactive ketones (excluding diaryl/α,β-unsaturated/α-hetero) is 1. The van der Waals surface area contributed by atoms with Crippen LogP contribution in [0.4, 0.5) is 0 Å². The van der Waals surface area contributed by atoms with E-state index in [2.05, 4.69) is 0 Å². The number of nitrogens with zero attached hydrogens (tertiary/aromatic N) is 1. The van der Waals surface area contributed by atoms with E-state index in [1.807, 2.05) is 11.9 Å². The first-order valence-corrected chi connectivity index (χ1v) is 7.96. The Labute approximate surface area is 132 Å². The normalized spacial score (nSPS) is 15.4. The van der Waals surface area contributed by atoms with Crippen molar-refractivity contribution in [3.8, 4) is 5.75 Å². The predicted octanol–water partition coefficient (Wildman–Crippen LogP) is 3.23. The van der Waals surface area contributed by atoms with Gasteiger partial charge in [-0.15, -0.1) is 0 Å². The highest BCUT2D eigenvalue weighted by atomic mass is 16.5. The Morgan fingerprint density at radius 1 is 1.23 bits per heavy atom. The van der Waals surface area contributed by atoms with Gasteiger partial charge in [0.05, 0.1) is 13.5 Å². The topological polar surface area (TPSA) is 46.6 Å². The number of carbonyl (C=O) groups is 2. The molecule has 2 rings (SSSR count). The van der Waals surface area contributed by atoms with Crippen LogP contribution in [-0.2, 0) is 11.2 Å². The van der Waals surface area contributed by atoms with E-state index in [1.54, 1.807) is 25.3 Å². The molecular weight excluding hydrogens is 278 g/mol. The molecule has 0 N–H and O–H groups in total. The molecule has 0 spiro atoms. The van der Waals surface area contributed by atoms with Gasteiger partial charge >= 0.3 is 0 Å². The SMILES string of the molecule is COc1ccc(C(C)=O)cc1CC(=O)N(C)C1CCCCC1. The van der Waals surface area contributed by atoms with E-state index >= 15 is 0 Å². The van der Waals surface area contributed by atoms with Gasteiger partial charge < -0.3 is 9.64 Å². The average Bonchev–Trinajstić information content (AvgIpc) is 2.54. The van der Waals surface area contributed by atoms with Crippen molar-refractivity contribution in [1.29, 1.82) is 0 Å². The van der Waals surface area contributed by atoms with Crippen LogP contribution in [0.1, 0.15) is 54.9 Å². The van der Waals surface area contributed by atoms with Crippen molar-refractivity contribution in [2.45, 2.75) is 51.5 Å². The summed E-state index contributed by atoms with van der Waals surface area (Å²) in [4.78, 5) is 25.9. The molecule has 1 amide bonds. The molecule has 0 atom stereocenters. The van der Waals surface area contributed by atoms with Crippen molar-refractivity contribution in [3.05, 3.63) is 29.3 Å². The summed E-state index contributed by atoms with van der Waals surface area (Å²) < 4.78 is 5.32. The molecule has 0 aromatic heterocycles. The van der Waals surface area contributed by atoms with Crippen LogP contribution in [0.2, 0.25) is 0 Å². The molecule has 0 radical (unpaired) electrons. The molecule has 1 aromatic carbocycles. The quantitative estimate of drug-likeness (QED) is 0.785. The highest BCUT2D eigenvalue weighted by Gasteiger charge is 2.23. The van der Waals surface area contributed by atoms with Crippen molar-refractivity contribution in [1.82, 2.24) is 4.90 Å². The van der Waals surface area contributed by atoms with Crippen LogP contribution in [-0.4, -0.2) is 36.8 Å². The van der Waals surface area contributed by atoms with Crippen molar-refractivity contribution in [2.75, 3.05) is 14.2 Å². The maximum absolute atomic E-state index is 12.5. The molecule has 1 aromatic rings. The molecule has 22 heavy (non-hydrogen) atoms. The van der Waals surface area contributed by atoms with Gasteiger partial charge in [-0.2, -0.15) is 0 Å². The number of hydrogen-bond acceptors (Lipinski definition) is 3. The molecule has 120 valence electrons. The van der Waals surface area contributed by atoms with E-state index in [0.717, 1.165) is 18.4 Å². The Balaban J connectivity index is 2.12. The number of carbonyl (C=O) groups excluding carboxylic acids is 2. The Morgan fingerprint density at radius 3 is 2.50 bits per heavy atom. The third-order valence-electron chi connectivity index (χ3n) is 4.54. The fourth-order valence-corrected chi connectivity index (χ4v) is 3.10. The van der Waals surface area contributed by atoms with Gasteiger partial charge in [0, 0.05) is 24.2 Å². The molecule has 1 aliphatic rings. The maximum Gasteiger partial charge on any atom is 0.227 e. The first-order chi connectivity index (χ1) is 10.5. The summed E-state index contributed by atoms with van der Waals surface area (Å²) in [7, 11) is 3.47. The van der Waals surface area contributed by atoms with E-state index in [1.165, 1.54) is 26.2 Å². The second-order valence-corrected chi connectivity index (χ2v) is 6.06. The highest BCUT2D eigenvalue weighted by molar-refractivity contribution is 5.94. The average molecular weight is 303 g/mol. The summed E-state index contributed by atoms with van der Waals surface area (Å²) in [6, 6.07) is 5.62. The van der Waals surface area contributed by atoms with E-state index in [-0.39, 0.29) is 18.1 Å². The van der Waals surface area contributed by atoms with Crippen molar-refractivity contribution in [2.24, 2.45) is 0 Å².